The molecule has 2 aliphatic rings. The van der Waals surface area contributed by atoms with Gasteiger partial charge >= 0.3 is 6.16 Å². The summed E-state index contributed by atoms with van der Waals surface area (Å²) < 4.78 is 15.3. The molecule has 5 atom stereocenters. The van der Waals surface area contributed by atoms with Gasteiger partial charge in [-0.25, -0.2) is 4.79 Å². The van der Waals surface area contributed by atoms with E-state index in [-0.39, 0.29) is 25.7 Å². The number of ether oxygens (including phenoxy) is 3. The molecule has 2 saturated heterocycles. The highest BCUT2D eigenvalue weighted by Gasteiger charge is 2.50. The number of aliphatic hydroxyl groups is 1. The fraction of sp³-hybridized carbons (Fsp3) is 0.923. The maximum absolute atomic E-state index is 10.7. The Morgan fingerprint density at radius 1 is 1.26 bits per heavy atom. The van der Waals surface area contributed by atoms with Gasteiger partial charge in [0, 0.05) is 5.92 Å². The minimum Gasteiger partial charge on any atom is -0.450 e. The van der Waals surface area contributed by atoms with Crippen molar-refractivity contribution in [1.82, 2.24) is 0 Å². The lowest BCUT2D eigenvalue weighted by molar-refractivity contribution is -0.771. The third-order valence-corrected chi connectivity index (χ3v) is 4.12. The fourth-order valence-electron chi connectivity index (χ4n) is 3.07. The zero-order valence-electron chi connectivity index (χ0n) is 12.5. The van der Waals surface area contributed by atoms with Gasteiger partial charge in [-0.3, -0.25) is 0 Å². The zero-order chi connectivity index (χ0) is 16.8. The van der Waals surface area contributed by atoms with Gasteiger partial charge in [0.1, 0.15) is 18.3 Å². The lowest BCUT2D eigenvalue weighted by Gasteiger charge is -2.24. The van der Waals surface area contributed by atoms with E-state index in [9.17, 15) is 20.0 Å². The summed E-state index contributed by atoms with van der Waals surface area (Å²) in [5.74, 6) is -0.308. The molecule has 2 fully saturated rings. The first-order valence-corrected chi connectivity index (χ1v) is 7.57. The van der Waals surface area contributed by atoms with Crippen LogP contribution in [-0.4, -0.2) is 65.7 Å². The van der Waals surface area contributed by atoms with E-state index in [1.807, 2.05) is 0 Å². The summed E-state index contributed by atoms with van der Waals surface area (Å²) in [6.07, 6.45) is -1.31. The number of carbonyl (C=O) groups is 1. The average Bonchev–Trinajstić information content (AvgIpc) is 3.04. The van der Waals surface area contributed by atoms with E-state index in [0.29, 0.717) is 25.7 Å². The largest absolute Gasteiger partial charge is 0.505 e. The monoisotopic (exact) mass is 335 g/mol. The van der Waals surface area contributed by atoms with Crippen molar-refractivity contribution < 1.29 is 39.1 Å². The lowest BCUT2D eigenvalue weighted by Crippen LogP contribution is -2.37. The van der Waals surface area contributed by atoms with E-state index in [0.717, 1.165) is 0 Å². The van der Waals surface area contributed by atoms with Crippen LogP contribution in [0.5, 0.6) is 0 Å². The molecule has 0 bridgehead atoms. The van der Waals surface area contributed by atoms with Crippen molar-refractivity contribution in [2.45, 2.75) is 50.1 Å². The van der Waals surface area contributed by atoms with E-state index >= 15 is 0 Å². The van der Waals surface area contributed by atoms with Crippen molar-refractivity contribution in [1.29, 1.82) is 0 Å². The number of carboxylic acid groups (broad SMARTS) is 1. The van der Waals surface area contributed by atoms with Gasteiger partial charge in [0.25, 0.3) is 5.09 Å². The van der Waals surface area contributed by atoms with Crippen LogP contribution in [0.15, 0.2) is 0 Å². The highest BCUT2D eigenvalue weighted by atomic mass is 17.0. The van der Waals surface area contributed by atoms with Crippen LogP contribution in [0.4, 0.5) is 4.79 Å². The molecule has 2 unspecified atom stereocenters. The molecule has 0 aromatic carbocycles. The normalized spacial score (nSPS) is 30.7. The van der Waals surface area contributed by atoms with Crippen LogP contribution in [-0.2, 0) is 19.0 Å². The minimum absolute atomic E-state index is 0.0998. The molecule has 0 amide bonds. The van der Waals surface area contributed by atoms with Crippen LogP contribution in [0.1, 0.15) is 25.7 Å². The summed E-state index contributed by atoms with van der Waals surface area (Å²) >= 11 is 0. The van der Waals surface area contributed by atoms with Crippen LogP contribution in [0.25, 0.3) is 0 Å². The molecule has 0 aliphatic carbocycles. The number of hydrogen-bond donors (Lipinski definition) is 2. The Kier molecular flexibility index (Phi) is 6.37. The quantitative estimate of drug-likeness (QED) is 0.268. The van der Waals surface area contributed by atoms with Crippen LogP contribution < -0.4 is 0 Å². The van der Waals surface area contributed by atoms with Gasteiger partial charge in [0.15, 0.2) is 0 Å². The third-order valence-electron chi connectivity index (χ3n) is 4.12. The molecule has 23 heavy (non-hydrogen) atoms. The number of hydrogen-bond acceptors (Lipinski definition) is 8. The van der Waals surface area contributed by atoms with E-state index in [1.54, 1.807) is 0 Å². The smallest absolute Gasteiger partial charge is 0.450 e. The Hall–Kier alpha value is -1.65. The van der Waals surface area contributed by atoms with Crippen LogP contribution >= 0.6 is 0 Å². The Labute approximate surface area is 132 Å². The summed E-state index contributed by atoms with van der Waals surface area (Å²) in [4.78, 5) is 25.7. The van der Waals surface area contributed by atoms with Crippen molar-refractivity contribution in [3.8, 4) is 0 Å². The molecule has 2 heterocycles. The van der Waals surface area contributed by atoms with Crippen LogP contribution in [0, 0.1) is 16.0 Å². The van der Waals surface area contributed by atoms with Gasteiger partial charge < -0.3 is 29.3 Å². The maximum atomic E-state index is 10.7. The molecule has 0 aromatic heterocycles. The second-order valence-electron chi connectivity index (χ2n) is 5.66. The van der Waals surface area contributed by atoms with Crippen molar-refractivity contribution in [3.63, 3.8) is 0 Å². The number of rotatable bonds is 9. The van der Waals surface area contributed by atoms with Gasteiger partial charge in [0.2, 0.25) is 0 Å². The number of nitrogens with zero attached hydrogens (tertiary/aromatic N) is 1. The van der Waals surface area contributed by atoms with Crippen molar-refractivity contribution in [2.75, 3.05) is 19.8 Å². The predicted octanol–water partition coefficient (Wildman–Crippen LogP) is 0.593. The molecule has 2 aliphatic heterocycles. The molecule has 0 spiro atoms. The molecule has 0 saturated carbocycles. The van der Waals surface area contributed by atoms with Crippen molar-refractivity contribution in [2.24, 2.45) is 5.92 Å². The minimum atomic E-state index is -1.31. The molecule has 10 heteroatoms. The zero-order valence-corrected chi connectivity index (χ0v) is 12.5. The Morgan fingerprint density at radius 2 is 2.00 bits per heavy atom. The van der Waals surface area contributed by atoms with Crippen molar-refractivity contribution >= 4 is 6.16 Å². The van der Waals surface area contributed by atoms with Crippen LogP contribution in [0.3, 0.4) is 0 Å². The standard InChI is InChI=1S/C13H21NO9/c15-9-7-22-11-8(6-21-12(9)11)10(23-14(18)19)4-2-1-3-5-20-13(16)17/h8-12,15H,1-7H2,(H,16,17)/t8-,9?,10?,11+,12+/m0/s1. The summed E-state index contributed by atoms with van der Waals surface area (Å²) in [7, 11) is 0. The molecular formula is C13H21NO9. The SMILES string of the molecule is O=C(O)OCCCCCC(O[N+](=O)[O-])[C@@H]1CO[C@@H]2C(O)CO[C@@H]21. The molecular weight excluding hydrogens is 314 g/mol. The van der Waals surface area contributed by atoms with Crippen molar-refractivity contribution in [3.05, 3.63) is 10.1 Å². The molecule has 132 valence electrons. The topological polar surface area (TPSA) is 138 Å². The van der Waals surface area contributed by atoms with Crippen LogP contribution in [0.2, 0.25) is 0 Å². The summed E-state index contributed by atoms with van der Waals surface area (Å²) in [6.45, 7) is 0.499. The summed E-state index contributed by atoms with van der Waals surface area (Å²) in [5.41, 5.74) is 0. The predicted molar refractivity (Wildman–Crippen MR) is 73.3 cm³/mol. The first-order valence-electron chi connectivity index (χ1n) is 7.57. The highest BCUT2D eigenvalue weighted by Crippen LogP contribution is 2.35. The lowest BCUT2D eigenvalue weighted by atomic mass is 9.92. The fourth-order valence-corrected chi connectivity index (χ4v) is 3.07. The number of fused-ring (bicyclic) bond motifs is 1. The van der Waals surface area contributed by atoms with Gasteiger partial charge in [-0.2, -0.15) is 0 Å². The van der Waals surface area contributed by atoms with Gasteiger partial charge in [-0.15, -0.1) is 10.1 Å². The van der Waals surface area contributed by atoms with E-state index in [4.69, 9.17) is 19.4 Å². The van der Waals surface area contributed by atoms with E-state index in [1.165, 1.54) is 0 Å². The summed E-state index contributed by atoms with van der Waals surface area (Å²) in [5, 5.41) is 27.9. The third kappa shape index (κ3) is 4.91. The molecule has 10 nitrogen and oxygen atoms in total. The molecule has 0 radical (unpaired) electrons. The second-order valence-corrected chi connectivity index (χ2v) is 5.66. The van der Waals surface area contributed by atoms with E-state index in [2.05, 4.69) is 4.74 Å². The van der Waals surface area contributed by atoms with Gasteiger partial charge in [0.05, 0.1) is 25.9 Å². The number of unbranched alkanes of at least 4 members (excludes halogenated alkanes) is 2. The first kappa shape index (κ1) is 17.7. The molecule has 0 aromatic rings. The first-order chi connectivity index (χ1) is 11.0. The summed E-state index contributed by atoms with van der Waals surface area (Å²) in [6, 6.07) is 0. The Morgan fingerprint density at radius 3 is 2.70 bits per heavy atom. The van der Waals surface area contributed by atoms with Gasteiger partial charge in [-0.05, 0) is 19.3 Å². The van der Waals surface area contributed by atoms with Gasteiger partial charge in [-0.1, -0.05) is 6.42 Å². The average molecular weight is 335 g/mol. The Balaban J connectivity index is 1.78. The van der Waals surface area contributed by atoms with E-state index < -0.39 is 35.7 Å². The molecule has 2 rings (SSSR count). The molecule has 2 N–H and O–H groups in total. The Bertz CT molecular complexity index is 418. The maximum Gasteiger partial charge on any atom is 0.505 e. The highest BCUT2D eigenvalue weighted by molar-refractivity contribution is 5.56. The number of aliphatic hydroxyl groups excluding tert-OH is 1. The second kappa shape index (κ2) is 8.27.